The van der Waals surface area contributed by atoms with Crippen LogP contribution in [0.15, 0.2) is 18.2 Å². The fraction of sp³-hybridized carbons (Fsp3) is 0.565. The van der Waals surface area contributed by atoms with E-state index in [-0.39, 0.29) is 11.3 Å². The minimum atomic E-state index is -0.987. The maximum Gasteiger partial charge on any atom is 0.326 e. The van der Waals surface area contributed by atoms with E-state index in [9.17, 15) is 19.2 Å². The Morgan fingerprint density at radius 1 is 1.16 bits per heavy atom. The highest BCUT2D eigenvalue weighted by molar-refractivity contribution is 6.09. The molecule has 4 rings (SSSR count). The molecule has 2 aliphatic heterocycles. The lowest BCUT2D eigenvalue weighted by Crippen LogP contribution is -2.54. The van der Waals surface area contributed by atoms with Gasteiger partial charge in [-0.1, -0.05) is 20.8 Å². The van der Waals surface area contributed by atoms with Gasteiger partial charge in [-0.05, 0) is 48.8 Å². The van der Waals surface area contributed by atoms with Crippen molar-refractivity contribution in [3.63, 3.8) is 0 Å². The second-order valence-corrected chi connectivity index (χ2v) is 9.70. The van der Waals surface area contributed by atoms with Crippen LogP contribution in [-0.4, -0.2) is 60.5 Å². The first-order chi connectivity index (χ1) is 15.1. The molecular formula is C23H28N2O7. The van der Waals surface area contributed by atoms with Gasteiger partial charge in [0.25, 0.3) is 5.91 Å². The largest absolute Gasteiger partial charge is 0.486 e. The zero-order chi connectivity index (χ0) is 23.1. The third-order valence-corrected chi connectivity index (χ3v) is 6.14. The lowest BCUT2D eigenvalue weighted by Gasteiger charge is -2.43. The highest BCUT2D eigenvalue weighted by Crippen LogP contribution is 2.46. The van der Waals surface area contributed by atoms with Gasteiger partial charge >= 0.3 is 12.0 Å². The number of ketones is 1. The third-order valence-electron chi connectivity index (χ3n) is 6.14. The highest BCUT2D eigenvalue weighted by atomic mass is 16.6. The van der Waals surface area contributed by atoms with E-state index in [2.05, 4.69) is 26.1 Å². The number of fused-ring (bicyclic) bond motifs is 1. The van der Waals surface area contributed by atoms with E-state index in [1.165, 1.54) is 6.07 Å². The maximum absolute atomic E-state index is 13.1. The Hall–Kier alpha value is -3.10. The summed E-state index contributed by atoms with van der Waals surface area (Å²) in [5, 5.41) is 2.82. The van der Waals surface area contributed by atoms with Crippen LogP contribution in [0.25, 0.3) is 0 Å². The fourth-order valence-corrected chi connectivity index (χ4v) is 5.27. The smallest absolute Gasteiger partial charge is 0.326 e. The average molecular weight is 444 g/mol. The van der Waals surface area contributed by atoms with Crippen molar-refractivity contribution in [1.29, 1.82) is 0 Å². The number of carbonyl (C=O) groups excluding carboxylic acids is 4. The molecule has 1 saturated carbocycles. The van der Waals surface area contributed by atoms with Gasteiger partial charge in [-0.15, -0.1) is 0 Å². The molecule has 1 aromatic rings. The Morgan fingerprint density at radius 2 is 1.88 bits per heavy atom. The number of imide groups is 1. The number of ether oxygens (including phenoxy) is 3. The van der Waals surface area contributed by atoms with Crippen molar-refractivity contribution < 1.29 is 33.4 Å². The van der Waals surface area contributed by atoms with Crippen molar-refractivity contribution in [3.8, 4) is 11.5 Å². The quantitative estimate of drug-likeness (QED) is 0.421. The van der Waals surface area contributed by atoms with E-state index < -0.39 is 42.4 Å². The lowest BCUT2D eigenvalue weighted by molar-refractivity contribution is -0.147. The molecule has 0 bridgehead atoms. The SMILES string of the molecule is C[C@H]1CC(C)(C)C[C@@]2(C1)NC(=O)N(CC(=O)OCC(=O)c1ccc3c(c1)OCCO3)C2=O. The number of nitrogens with one attached hydrogen (secondary N) is 1. The molecule has 172 valence electrons. The molecule has 32 heavy (non-hydrogen) atoms. The summed E-state index contributed by atoms with van der Waals surface area (Å²) >= 11 is 0. The molecule has 2 heterocycles. The molecule has 1 aliphatic carbocycles. The molecule has 1 N–H and O–H groups in total. The maximum atomic E-state index is 13.1. The van der Waals surface area contributed by atoms with Crippen LogP contribution in [0.2, 0.25) is 0 Å². The number of esters is 1. The summed E-state index contributed by atoms with van der Waals surface area (Å²) in [6.07, 6.45) is 2.01. The molecule has 2 atom stereocenters. The molecule has 0 unspecified atom stereocenters. The van der Waals surface area contributed by atoms with Gasteiger partial charge < -0.3 is 19.5 Å². The summed E-state index contributed by atoms with van der Waals surface area (Å²) in [6, 6.07) is 4.13. The molecule has 3 aliphatic rings. The van der Waals surface area contributed by atoms with Gasteiger partial charge in [-0.25, -0.2) is 4.79 Å². The van der Waals surface area contributed by atoms with Gasteiger partial charge in [0.2, 0.25) is 0 Å². The van der Waals surface area contributed by atoms with Crippen LogP contribution in [-0.2, 0) is 14.3 Å². The summed E-state index contributed by atoms with van der Waals surface area (Å²) in [6.45, 7) is 6.01. The Labute approximate surface area is 186 Å². The predicted octanol–water partition coefficient (Wildman–Crippen LogP) is 2.32. The predicted molar refractivity (Wildman–Crippen MR) is 112 cm³/mol. The second kappa shape index (κ2) is 8.11. The number of hydrogen-bond donors (Lipinski definition) is 1. The van der Waals surface area contributed by atoms with Crippen molar-refractivity contribution >= 4 is 23.7 Å². The number of benzene rings is 1. The minimum absolute atomic E-state index is 0.104. The zero-order valence-electron chi connectivity index (χ0n) is 18.6. The van der Waals surface area contributed by atoms with Crippen LogP contribution < -0.4 is 14.8 Å². The molecule has 1 aromatic carbocycles. The van der Waals surface area contributed by atoms with Crippen LogP contribution in [0.1, 0.15) is 50.4 Å². The first kappa shape index (κ1) is 22.1. The van der Waals surface area contributed by atoms with Gasteiger partial charge in [0.15, 0.2) is 23.9 Å². The Kier molecular flexibility index (Phi) is 5.60. The number of carbonyl (C=O) groups is 4. The van der Waals surface area contributed by atoms with Crippen molar-refractivity contribution in [2.24, 2.45) is 11.3 Å². The molecule has 9 nitrogen and oxygen atoms in total. The monoisotopic (exact) mass is 444 g/mol. The number of rotatable bonds is 5. The molecule has 2 fully saturated rings. The van der Waals surface area contributed by atoms with E-state index in [1.807, 2.05) is 0 Å². The van der Waals surface area contributed by atoms with Crippen LogP contribution >= 0.6 is 0 Å². The number of amides is 3. The normalized spacial score (nSPS) is 26.1. The fourth-order valence-electron chi connectivity index (χ4n) is 5.27. The molecule has 0 radical (unpaired) electrons. The molecule has 9 heteroatoms. The van der Waals surface area contributed by atoms with Gasteiger partial charge in [0, 0.05) is 5.56 Å². The lowest BCUT2D eigenvalue weighted by atomic mass is 9.64. The van der Waals surface area contributed by atoms with Crippen molar-refractivity contribution in [2.75, 3.05) is 26.4 Å². The Balaban J connectivity index is 1.35. The summed E-state index contributed by atoms with van der Waals surface area (Å²) in [5.41, 5.74) is -0.776. The first-order valence-corrected chi connectivity index (χ1v) is 10.8. The number of nitrogens with zero attached hydrogens (tertiary/aromatic N) is 1. The van der Waals surface area contributed by atoms with Crippen molar-refractivity contribution in [2.45, 2.75) is 45.6 Å². The van der Waals surface area contributed by atoms with Gasteiger partial charge in [-0.3, -0.25) is 19.3 Å². The van der Waals surface area contributed by atoms with Crippen LogP contribution in [0.3, 0.4) is 0 Å². The van der Waals surface area contributed by atoms with Gasteiger partial charge in [-0.2, -0.15) is 0 Å². The standard InChI is InChI=1S/C23H28N2O7/c1-14-9-22(2,3)13-23(10-14)20(28)25(21(29)24-23)11-19(27)32-12-16(26)15-4-5-17-18(8-15)31-7-6-30-17/h4-5,8,14H,6-7,9-13H2,1-3H3,(H,24,29)/t14-,23+/m0/s1. The van der Waals surface area contributed by atoms with Gasteiger partial charge in [0.05, 0.1) is 0 Å². The average Bonchev–Trinajstić information content (AvgIpc) is 2.93. The van der Waals surface area contributed by atoms with E-state index >= 15 is 0 Å². The summed E-state index contributed by atoms with van der Waals surface area (Å²) < 4.78 is 15.9. The third kappa shape index (κ3) is 4.28. The summed E-state index contributed by atoms with van der Waals surface area (Å²) in [5.74, 6) is -0.373. The van der Waals surface area contributed by atoms with Crippen LogP contribution in [0.5, 0.6) is 11.5 Å². The zero-order valence-corrected chi connectivity index (χ0v) is 18.6. The Bertz CT molecular complexity index is 973. The topological polar surface area (TPSA) is 111 Å². The number of urea groups is 1. The van der Waals surface area contributed by atoms with Gasteiger partial charge in [0.1, 0.15) is 25.3 Å². The molecular weight excluding hydrogens is 416 g/mol. The van der Waals surface area contributed by atoms with Crippen molar-refractivity contribution in [1.82, 2.24) is 10.2 Å². The van der Waals surface area contributed by atoms with E-state index in [1.54, 1.807) is 12.1 Å². The van der Waals surface area contributed by atoms with E-state index in [0.717, 1.165) is 11.3 Å². The molecule has 1 saturated heterocycles. The van der Waals surface area contributed by atoms with Crippen LogP contribution in [0, 0.1) is 11.3 Å². The minimum Gasteiger partial charge on any atom is -0.486 e. The molecule has 3 amide bonds. The van der Waals surface area contributed by atoms with Crippen molar-refractivity contribution in [3.05, 3.63) is 23.8 Å². The van der Waals surface area contributed by atoms with Crippen LogP contribution in [0.4, 0.5) is 4.79 Å². The second-order valence-electron chi connectivity index (χ2n) is 9.70. The van der Waals surface area contributed by atoms with E-state index in [0.29, 0.717) is 43.1 Å². The molecule has 0 aromatic heterocycles. The number of hydrogen-bond acceptors (Lipinski definition) is 7. The highest BCUT2D eigenvalue weighted by Gasteiger charge is 2.56. The molecule has 1 spiro atoms. The number of Topliss-reactive ketones (excluding diaryl/α,β-unsaturated/α-hetero) is 1. The summed E-state index contributed by atoms with van der Waals surface area (Å²) in [4.78, 5) is 51.2. The van der Waals surface area contributed by atoms with E-state index in [4.69, 9.17) is 14.2 Å². The summed E-state index contributed by atoms with van der Waals surface area (Å²) in [7, 11) is 0. The first-order valence-electron chi connectivity index (χ1n) is 10.8. The Morgan fingerprint density at radius 3 is 2.59 bits per heavy atom.